The van der Waals surface area contributed by atoms with Crippen molar-refractivity contribution in [3.05, 3.63) is 32.8 Å². The Hall–Kier alpha value is -0.0500. The highest BCUT2D eigenvalue weighted by Gasteiger charge is 2.25. The van der Waals surface area contributed by atoms with Crippen LogP contribution in [0, 0.1) is 5.92 Å². The molecular weight excluding hydrogens is 273 g/mol. The van der Waals surface area contributed by atoms with Crippen LogP contribution in [0.25, 0.3) is 0 Å². The van der Waals surface area contributed by atoms with E-state index in [-0.39, 0.29) is 0 Å². The van der Waals surface area contributed by atoms with Crippen LogP contribution >= 0.6 is 27.5 Å². The van der Waals surface area contributed by atoms with Crippen LogP contribution in [0.5, 0.6) is 0 Å². The molecular formula is C12H15BrClN. The fourth-order valence-electron chi connectivity index (χ4n) is 2.22. The molecule has 1 heterocycles. The van der Waals surface area contributed by atoms with Crippen molar-refractivity contribution in [3.63, 3.8) is 0 Å². The Labute approximate surface area is 104 Å². The molecule has 0 amide bonds. The van der Waals surface area contributed by atoms with Gasteiger partial charge in [0.05, 0.1) is 0 Å². The molecule has 1 atom stereocenters. The van der Waals surface area contributed by atoms with Crippen LogP contribution in [-0.4, -0.2) is 6.54 Å². The molecule has 3 heteroatoms. The molecule has 1 aliphatic heterocycles. The minimum atomic E-state index is 0.388. The largest absolute Gasteiger partial charge is 0.309 e. The summed E-state index contributed by atoms with van der Waals surface area (Å²) in [6.07, 6.45) is 1.06. The van der Waals surface area contributed by atoms with Crippen molar-refractivity contribution in [3.8, 4) is 0 Å². The minimum Gasteiger partial charge on any atom is -0.309 e. The first-order valence-electron chi connectivity index (χ1n) is 5.31. The summed E-state index contributed by atoms with van der Waals surface area (Å²) >= 11 is 9.90. The second-order valence-electron chi connectivity index (χ2n) is 4.35. The molecule has 15 heavy (non-hydrogen) atoms. The fraction of sp³-hybridized carbons (Fsp3) is 0.500. The lowest BCUT2D eigenvalue weighted by atomic mass is 9.88. The van der Waals surface area contributed by atoms with Crippen LogP contribution in [0.2, 0.25) is 5.02 Å². The normalized spacial score (nSPS) is 20.5. The maximum absolute atomic E-state index is 6.29. The predicted octanol–water partition coefficient (Wildman–Crippen LogP) is 3.95. The van der Waals surface area contributed by atoms with Crippen LogP contribution in [0.4, 0.5) is 0 Å². The Kier molecular flexibility index (Phi) is 3.39. The third kappa shape index (κ3) is 2.08. The van der Waals surface area contributed by atoms with Gasteiger partial charge in [0.15, 0.2) is 0 Å². The quantitative estimate of drug-likeness (QED) is 0.825. The van der Waals surface area contributed by atoms with E-state index in [1.807, 2.05) is 12.1 Å². The van der Waals surface area contributed by atoms with Gasteiger partial charge in [-0.05, 0) is 42.1 Å². The molecule has 1 N–H and O–H groups in total. The van der Waals surface area contributed by atoms with E-state index in [4.69, 9.17) is 11.6 Å². The molecule has 1 aromatic rings. The lowest BCUT2D eigenvalue weighted by Crippen LogP contribution is -2.33. The van der Waals surface area contributed by atoms with Gasteiger partial charge in [0.25, 0.3) is 0 Å². The number of rotatable bonds is 1. The van der Waals surface area contributed by atoms with Gasteiger partial charge in [0, 0.05) is 15.5 Å². The summed E-state index contributed by atoms with van der Waals surface area (Å²) < 4.78 is 1.19. The second-order valence-corrected chi connectivity index (χ2v) is 5.61. The Balaban J connectivity index is 2.54. The van der Waals surface area contributed by atoms with Gasteiger partial charge in [0.2, 0.25) is 0 Å². The molecule has 2 rings (SSSR count). The average molecular weight is 289 g/mol. The molecule has 1 unspecified atom stereocenters. The molecule has 0 fully saturated rings. The van der Waals surface area contributed by atoms with E-state index < -0.39 is 0 Å². The van der Waals surface area contributed by atoms with E-state index in [1.165, 1.54) is 15.6 Å². The van der Waals surface area contributed by atoms with Crippen LogP contribution in [-0.2, 0) is 6.42 Å². The number of nitrogens with one attached hydrogen (secondary N) is 1. The third-order valence-corrected chi connectivity index (χ3v) is 4.04. The molecule has 0 bridgehead atoms. The van der Waals surface area contributed by atoms with Gasteiger partial charge in [-0.15, -0.1) is 0 Å². The highest BCUT2D eigenvalue weighted by Crippen LogP contribution is 2.37. The first-order chi connectivity index (χ1) is 7.11. The molecule has 0 spiro atoms. The summed E-state index contributed by atoms with van der Waals surface area (Å²) in [4.78, 5) is 0. The van der Waals surface area contributed by atoms with Crippen molar-refractivity contribution >= 4 is 27.5 Å². The van der Waals surface area contributed by atoms with Crippen molar-refractivity contribution < 1.29 is 0 Å². The lowest BCUT2D eigenvalue weighted by Gasteiger charge is -2.31. The smallest absolute Gasteiger partial charge is 0.0457 e. The average Bonchev–Trinajstić information content (AvgIpc) is 2.23. The zero-order valence-electron chi connectivity index (χ0n) is 8.98. The highest BCUT2D eigenvalue weighted by atomic mass is 79.9. The molecule has 1 aliphatic rings. The topological polar surface area (TPSA) is 12.0 Å². The van der Waals surface area contributed by atoms with Crippen molar-refractivity contribution in [1.82, 2.24) is 5.32 Å². The molecule has 0 saturated heterocycles. The lowest BCUT2D eigenvalue weighted by molar-refractivity contribution is 0.395. The van der Waals surface area contributed by atoms with Crippen LogP contribution in [0.3, 0.4) is 0 Å². The van der Waals surface area contributed by atoms with Gasteiger partial charge < -0.3 is 5.32 Å². The third-order valence-electron chi connectivity index (χ3n) is 2.96. The van der Waals surface area contributed by atoms with E-state index in [1.54, 1.807) is 0 Å². The number of hydrogen-bond donors (Lipinski definition) is 1. The van der Waals surface area contributed by atoms with E-state index in [9.17, 15) is 0 Å². The van der Waals surface area contributed by atoms with Gasteiger partial charge in [-0.2, -0.15) is 0 Å². The Morgan fingerprint density at radius 3 is 2.87 bits per heavy atom. The predicted molar refractivity (Wildman–Crippen MR) is 68.4 cm³/mol. The van der Waals surface area contributed by atoms with Crippen LogP contribution in [0.15, 0.2) is 16.6 Å². The summed E-state index contributed by atoms with van der Waals surface area (Å²) in [5.74, 6) is 0.566. The zero-order valence-corrected chi connectivity index (χ0v) is 11.3. The Morgan fingerprint density at radius 2 is 2.20 bits per heavy atom. The summed E-state index contributed by atoms with van der Waals surface area (Å²) in [5, 5.41) is 4.43. The van der Waals surface area contributed by atoms with E-state index >= 15 is 0 Å². The standard InChI is InChI=1S/C12H15BrClN/c1-7(2)12-11-8(5-6-15-12)9(13)3-4-10(11)14/h3-4,7,12,15H,5-6H2,1-2H3. The fourth-order valence-corrected chi connectivity index (χ4v) is 3.06. The van der Waals surface area contributed by atoms with Gasteiger partial charge in [-0.25, -0.2) is 0 Å². The van der Waals surface area contributed by atoms with Crippen molar-refractivity contribution in [2.75, 3.05) is 6.54 Å². The van der Waals surface area contributed by atoms with Crippen molar-refractivity contribution in [2.45, 2.75) is 26.3 Å². The number of halogens is 2. The molecule has 0 radical (unpaired) electrons. The molecule has 1 nitrogen and oxygen atoms in total. The molecule has 0 aliphatic carbocycles. The Bertz CT molecular complexity index is 376. The van der Waals surface area contributed by atoms with E-state index in [0.717, 1.165) is 18.0 Å². The number of fused-ring (bicyclic) bond motifs is 1. The second kappa shape index (κ2) is 4.44. The number of benzene rings is 1. The van der Waals surface area contributed by atoms with Gasteiger partial charge in [0.1, 0.15) is 0 Å². The van der Waals surface area contributed by atoms with Gasteiger partial charge in [-0.3, -0.25) is 0 Å². The van der Waals surface area contributed by atoms with E-state index in [0.29, 0.717) is 12.0 Å². The molecule has 1 aromatic carbocycles. The summed E-state index contributed by atoms with van der Waals surface area (Å²) in [6, 6.07) is 4.41. The van der Waals surface area contributed by atoms with Crippen LogP contribution < -0.4 is 5.32 Å². The van der Waals surface area contributed by atoms with Crippen LogP contribution in [0.1, 0.15) is 31.0 Å². The maximum Gasteiger partial charge on any atom is 0.0457 e. The monoisotopic (exact) mass is 287 g/mol. The minimum absolute atomic E-state index is 0.388. The summed E-state index contributed by atoms with van der Waals surface area (Å²) in [6.45, 7) is 5.49. The first kappa shape index (κ1) is 11.4. The molecule has 0 saturated carbocycles. The highest BCUT2D eigenvalue weighted by molar-refractivity contribution is 9.10. The van der Waals surface area contributed by atoms with Crippen molar-refractivity contribution in [1.29, 1.82) is 0 Å². The summed E-state index contributed by atoms with van der Waals surface area (Å²) in [7, 11) is 0. The summed E-state index contributed by atoms with van der Waals surface area (Å²) in [5.41, 5.74) is 2.66. The first-order valence-corrected chi connectivity index (χ1v) is 6.48. The maximum atomic E-state index is 6.29. The zero-order chi connectivity index (χ0) is 11.0. The molecule has 82 valence electrons. The van der Waals surface area contributed by atoms with Gasteiger partial charge in [-0.1, -0.05) is 41.4 Å². The SMILES string of the molecule is CC(C)C1NCCc2c(Br)ccc(Cl)c21. The van der Waals surface area contributed by atoms with Crippen molar-refractivity contribution in [2.24, 2.45) is 5.92 Å². The molecule has 0 aromatic heterocycles. The number of hydrogen-bond acceptors (Lipinski definition) is 1. The van der Waals surface area contributed by atoms with E-state index in [2.05, 4.69) is 35.1 Å². The van der Waals surface area contributed by atoms with Gasteiger partial charge >= 0.3 is 0 Å². The Morgan fingerprint density at radius 1 is 1.47 bits per heavy atom.